The molecule has 1 atom stereocenters. The molecule has 0 spiro atoms. The van der Waals surface area contributed by atoms with Gasteiger partial charge in [-0.05, 0) is 36.2 Å². The second-order valence-corrected chi connectivity index (χ2v) is 9.75. The van der Waals surface area contributed by atoms with E-state index in [-0.39, 0.29) is 5.60 Å². The zero-order valence-corrected chi connectivity index (χ0v) is 14.7. The molecule has 0 saturated heterocycles. The summed E-state index contributed by atoms with van der Waals surface area (Å²) in [4.78, 5) is 0. The van der Waals surface area contributed by atoms with E-state index in [9.17, 15) is 0 Å². The Morgan fingerprint density at radius 2 is 1.57 bits per heavy atom. The minimum atomic E-state index is -2.30. The van der Waals surface area contributed by atoms with Crippen LogP contribution in [-0.4, -0.2) is 13.9 Å². The maximum atomic E-state index is 6.92. The second kappa shape index (κ2) is 6.69. The van der Waals surface area contributed by atoms with Gasteiger partial charge in [-0.3, -0.25) is 0 Å². The number of benzene rings is 2. The number of hydrogen-bond acceptors (Lipinski definition) is 1. The first kappa shape index (κ1) is 16.0. The monoisotopic (exact) mass is 320 g/mol. The summed E-state index contributed by atoms with van der Waals surface area (Å²) in [6.07, 6.45) is 9.72. The van der Waals surface area contributed by atoms with Gasteiger partial charge in [-0.15, -0.1) is 0 Å². The van der Waals surface area contributed by atoms with Crippen LogP contribution in [0.5, 0.6) is 0 Å². The van der Waals surface area contributed by atoms with E-state index in [0.717, 1.165) is 19.3 Å². The summed E-state index contributed by atoms with van der Waals surface area (Å²) in [5.41, 5.74) is -0.342. The molecule has 118 valence electrons. The van der Waals surface area contributed by atoms with Crippen LogP contribution in [0.2, 0.25) is 6.55 Å². The molecule has 1 nitrogen and oxygen atoms in total. The lowest BCUT2D eigenvalue weighted by atomic mass is 9.91. The highest BCUT2D eigenvalue weighted by molar-refractivity contribution is 6.96. The molecule has 0 amide bonds. The molecule has 0 aliphatic heterocycles. The third kappa shape index (κ3) is 3.24. The first-order valence-corrected chi connectivity index (χ1v) is 10.7. The summed E-state index contributed by atoms with van der Waals surface area (Å²) in [7, 11) is -2.30. The van der Waals surface area contributed by atoms with E-state index in [1.165, 1.54) is 10.4 Å². The van der Waals surface area contributed by atoms with Crippen molar-refractivity contribution in [1.29, 1.82) is 0 Å². The predicted molar refractivity (Wildman–Crippen MR) is 101 cm³/mol. The summed E-state index contributed by atoms with van der Waals surface area (Å²) in [5, 5.41) is 2.60. The van der Waals surface area contributed by atoms with Gasteiger partial charge in [-0.25, -0.2) is 0 Å². The minimum Gasteiger partial charge on any atom is -0.396 e. The Morgan fingerprint density at radius 3 is 2.00 bits per heavy atom. The smallest absolute Gasteiger partial charge is 0.254 e. The fourth-order valence-electron chi connectivity index (χ4n) is 3.34. The largest absolute Gasteiger partial charge is 0.396 e. The Balaban J connectivity index is 2.08. The fraction of sp³-hybridized carbons (Fsp3) is 0.238. The van der Waals surface area contributed by atoms with Crippen LogP contribution in [0.3, 0.4) is 0 Å². The molecule has 1 aliphatic carbocycles. The number of hydrogen-bond donors (Lipinski definition) is 0. The van der Waals surface area contributed by atoms with Gasteiger partial charge < -0.3 is 4.43 Å². The van der Waals surface area contributed by atoms with E-state index < -0.39 is 8.32 Å². The Kier molecular flexibility index (Phi) is 4.65. The molecular weight excluding hydrogens is 296 g/mol. The number of rotatable bonds is 5. The third-order valence-electron chi connectivity index (χ3n) is 4.73. The van der Waals surface area contributed by atoms with Crippen LogP contribution in [0.4, 0.5) is 0 Å². The van der Waals surface area contributed by atoms with E-state index in [1.807, 2.05) is 6.08 Å². The van der Waals surface area contributed by atoms with Crippen molar-refractivity contribution in [3.8, 4) is 0 Å². The highest BCUT2D eigenvalue weighted by Gasteiger charge is 2.41. The maximum Gasteiger partial charge on any atom is 0.254 e. The molecule has 0 saturated carbocycles. The lowest BCUT2D eigenvalue weighted by molar-refractivity contribution is 0.150. The molecule has 2 heteroatoms. The van der Waals surface area contributed by atoms with Crippen LogP contribution in [0, 0.1) is 0 Å². The SMILES string of the molecule is C=CC1(O[Si](C)(c2ccccc2)c2ccccc2)C=CCCC1. The fourth-order valence-corrected chi connectivity index (χ4v) is 6.58. The zero-order valence-electron chi connectivity index (χ0n) is 13.7. The quantitative estimate of drug-likeness (QED) is 0.596. The van der Waals surface area contributed by atoms with Gasteiger partial charge in [0, 0.05) is 0 Å². The van der Waals surface area contributed by atoms with Gasteiger partial charge in [0.15, 0.2) is 0 Å². The first-order chi connectivity index (χ1) is 11.2. The Bertz CT molecular complexity index is 638. The Hall–Kier alpha value is -1.90. The average molecular weight is 321 g/mol. The Labute approximate surface area is 140 Å². The van der Waals surface area contributed by atoms with Gasteiger partial charge in [-0.2, -0.15) is 0 Å². The standard InChI is InChI=1S/C21H24OSi/c1-3-21(17-11-6-12-18-21)22-23(2,19-13-7-4-8-14-19)20-15-9-5-10-16-20/h3-5,7-11,13-17H,1,6,12,18H2,2H3. The van der Waals surface area contributed by atoms with E-state index in [4.69, 9.17) is 4.43 Å². The molecule has 23 heavy (non-hydrogen) atoms. The topological polar surface area (TPSA) is 9.23 Å². The van der Waals surface area contributed by atoms with Crippen LogP contribution >= 0.6 is 0 Å². The Morgan fingerprint density at radius 1 is 1.00 bits per heavy atom. The minimum absolute atomic E-state index is 0.342. The molecule has 0 aromatic heterocycles. The van der Waals surface area contributed by atoms with Crippen LogP contribution in [-0.2, 0) is 4.43 Å². The summed E-state index contributed by atoms with van der Waals surface area (Å²) in [6, 6.07) is 21.3. The lowest BCUT2D eigenvalue weighted by Crippen LogP contribution is -2.62. The zero-order chi connectivity index (χ0) is 16.2. The van der Waals surface area contributed by atoms with Crippen molar-refractivity contribution >= 4 is 18.7 Å². The van der Waals surface area contributed by atoms with Crippen molar-refractivity contribution in [1.82, 2.24) is 0 Å². The van der Waals surface area contributed by atoms with E-state index in [2.05, 4.69) is 85.9 Å². The summed E-state index contributed by atoms with van der Waals surface area (Å²) < 4.78 is 6.92. The molecule has 0 fully saturated rings. The summed E-state index contributed by atoms with van der Waals surface area (Å²) in [6.45, 7) is 6.37. The third-order valence-corrected chi connectivity index (χ3v) is 8.39. The van der Waals surface area contributed by atoms with Crippen LogP contribution < -0.4 is 10.4 Å². The molecule has 3 rings (SSSR count). The van der Waals surface area contributed by atoms with E-state index in [1.54, 1.807) is 0 Å². The highest BCUT2D eigenvalue weighted by Crippen LogP contribution is 2.30. The van der Waals surface area contributed by atoms with Crippen molar-refractivity contribution in [2.24, 2.45) is 0 Å². The molecule has 0 N–H and O–H groups in total. The van der Waals surface area contributed by atoms with E-state index >= 15 is 0 Å². The van der Waals surface area contributed by atoms with Gasteiger partial charge in [0.1, 0.15) is 0 Å². The molecule has 0 heterocycles. The average Bonchev–Trinajstić information content (AvgIpc) is 2.64. The molecule has 1 unspecified atom stereocenters. The van der Waals surface area contributed by atoms with Crippen molar-refractivity contribution in [3.05, 3.63) is 85.5 Å². The maximum absolute atomic E-state index is 6.92. The van der Waals surface area contributed by atoms with Crippen molar-refractivity contribution in [3.63, 3.8) is 0 Å². The van der Waals surface area contributed by atoms with Gasteiger partial charge >= 0.3 is 0 Å². The highest BCUT2D eigenvalue weighted by atomic mass is 28.4. The first-order valence-electron chi connectivity index (χ1n) is 8.31. The molecular formula is C21H24OSi. The van der Waals surface area contributed by atoms with Gasteiger partial charge in [0.05, 0.1) is 5.60 Å². The normalized spacial score (nSPS) is 21.1. The second-order valence-electron chi connectivity index (χ2n) is 6.32. The number of allylic oxidation sites excluding steroid dienone is 1. The van der Waals surface area contributed by atoms with Crippen LogP contribution in [0.15, 0.2) is 85.5 Å². The van der Waals surface area contributed by atoms with Crippen LogP contribution in [0.1, 0.15) is 19.3 Å². The van der Waals surface area contributed by atoms with Crippen molar-refractivity contribution in [2.75, 3.05) is 0 Å². The summed E-state index contributed by atoms with van der Waals surface area (Å²) >= 11 is 0. The molecule has 1 aliphatic rings. The molecule has 0 radical (unpaired) electrons. The van der Waals surface area contributed by atoms with Gasteiger partial charge in [0.2, 0.25) is 0 Å². The molecule has 2 aromatic carbocycles. The van der Waals surface area contributed by atoms with Gasteiger partial charge in [0.25, 0.3) is 8.32 Å². The summed E-state index contributed by atoms with van der Waals surface area (Å²) in [5.74, 6) is 0. The lowest BCUT2D eigenvalue weighted by Gasteiger charge is -2.40. The van der Waals surface area contributed by atoms with Gasteiger partial charge in [-0.1, -0.05) is 85.5 Å². The van der Waals surface area contributed by atoms with E-state index in [0.29, 0.717) is 0 Å². The van der Waals surface area contributed by atoms with Crippen LogP contribution in [0.25, 0.3) is 0 Å². The molecule has 2 aromatic rings. The van der Waals surface area contributed by atoms with Crippen molar-refractivity contribution in [2.45, 2.75) is 31.4 Å². The molecule has 0 bridgehead atoms. The predicted octanol–water partition coefficient (Wildman–Crippen LogP) is 4.06. The van der Waals surface area contributed by atoms with Crippen molar-refractivity contribution < 1.29 is 4.43 Å².